The molecule has 2 aromatic heterocycles. The summed E-state index contributed by atoms with van der Waals surface area (Å²) in [5, 5.41) is 3.24. The number of benzene rings is 2. The van der Waals surface area contributed by atoms with Crippen molar-refractivity contribution in [3.8, 4) is 23.0 Å². The number of nitrogens with one attached hydrogen (secondary N) is 1. The van der Waals surface area contributed by atoms with Gasteiger partial charge in [-0.05, 0) is 48.0 Å². The van der Waals surface area contributed by atoms with E-state index in [0.29, 0.717) is 46.1 Å². The minimum absolute atomic E-state index is 0.0275. The van der Waals surface area contributed by atoms with E-state index in [1.54, 1.807) is 38.5 Å². The van der Waals surface area contributed by atoms with E-state index in [2.05, 4.69) is 15.3 Å². The van der Waals surface area contributed by atoms with Gasteiger partial charge >= 0.3 is 0 Å². The highest BCUT2D eigenvalue weighted by molar-refractivity contribution is 6.29. The number of aromatic nitrogens is 2. The Morgan fingerprint density at radius 1 is 0.912 bits per heavy atom. The van der Waals surface area contributed by atoms with Crippen LogP contribution in [0.2, 0.25) is 5.28 Å². The molecule has 4 rings (SSSR count). The number of carbonyl (C=O) groups is 1. The van der Waals surface area contributed by atoms with E-state index in [0.717, 1.165) is 5.56 Å². The maximum absolute atomic E-state index is 12.9. The molecule has 0 bridgehead atoms. The predicted octanol–water partition coefficient (Wildman–Crippen LogP) is 4.75. The minimum Gasteiger partial charge on any atom is -0.497 e. The summed E-state index contributed by atoms with van der Waals surface area (Å²) in [6.07, 6.45) is 0.410. The molecule has 176 valence electrons. The van der Waals surface area contributed by atoms with Gasteiger partial charge in [-0.2, -0.15) is 4.98 Å². The molecule has 0 aliphatic carbocycles. The SMILES string of the molecule is COc1ccc(OC)c(Cc2ccc(C(=O)Nc3nc(Cl)nc4cc(OC)c(OC)cc34)o2)c1. The summed E-state index contributed by atoms with van der Waals surface area (Å²) in [6, 6.07) is 12.1. The zero-order valence-corrected chi connectivity index (χ0v) is 19.7. The number of carbonyl (C=O) groups excluding carboxylic acids is 1. The third-order valence-electron chi connectivity index (χ3n) is 5.14. The number of ether oxygens (including phenoxy) is 4. The van der Waals surface area contributed by atoms with Gasteiger partial charge < -0.3 is 28.7 Å². The van der Waals surface area contributed by atoms with Crippen LogP contribution >= 0.6 is 11.6 Å². The van der Waals surface area contributed by atoms with E-state index >= 15 is 0 Å². The van der Waals surface area contributed by atoms with E-state index < -0.39 is 5.91 Å². The van der Waals surface area contributed by atoms with Gasteiger partial charge in [-0.15, -0.1) is 0 Å². The van der Waals surface area contributed by atoms with Crippen LogP contribution in [0.5, 0.6) is 23.0 Å². The second kappa shape index (κ2) is 9.88. The van der Waals surface area contributed by atoms with Crippen molar-refractivity contribution in [3.05, 3.63) is 64.8 Å². The molecule has 0 aliphatic rings. The Hall–Kier alpha value is -3.98. The molecule has 10 heteroatoms. The van der Waals surface area contributed by atoms with Gasteiger partial charge in [0.05, 0.1) is 34.0 Å². The van der Waals surface area contributed by atoms with Crippen LogP contribution in [-0.2, 0) is 6.42 Å². The van der Waals surface area contributed by atoms with Crippen molar-refractivity contribution in [3.63, 3.8) is 0 Å². The van der Waals surface area contributed by atoms with Crippen molar-refractivity contribution in [1.29, 1.82) is 0 Å². The predicted molar refractivity (Wildman–Crippen MR) is 127 cm³/mol. The number of halogens is 1. The topological polar surface area (TPSA) is 105 Å². The highest BCUT2D eigenvalue weighted by Crippen LogP contribution is 2.35. The van der Waals surface area contributed by atoms with Crippen LogP contribution in [0.15, 0.2) is 46.9 Å². The monoisotopic (exact) mass is 483 g/mol. The van der Waals surface area contributed by atoms with Gasteiger partial charge in [-0.25, -0.2) is 4.98 Å². The number of furan rings is 1. The Kier molecular flexibility index (Phi) is 6.74. The minimum atomic E-state index is -0.491. The van der Waals surface area contributed by atoms with Crippen molar-refractivity contribution in [2.24, 2.45) is 0 Å². The molecule has 9 nitrogen and oxygen atoms in total. The number of methoxy groups -OCH3 is 4. The molecule has 2 aromatic carbocycles. The van der Waals surface area contributed by atoms with E-state index in [4.69, 9.17) is 35.0 Å². The largest absolute Gasteiger partial charge is 0.497 e. The molecule has 0 fully saturated rings. The van der Waals surface area contributed by atoms with Crippen LogP contribution in [0.3, 0.4) is 0 Å². The number of amides is 1. The number of anilines is 1. The lowest BCUT2D eigenvalue weighted by atomic mass is 10.1. The zero-order chi connectivity index (χ0) is 24.2. The summed E-state index contributed by atoms with van der Waals surface area (Å²) >= 11 is 6.08. The number of rotatable bonds is 8. The maximum Gasteiger partial charge on any atom is 0.292 e. The zero-order valence-electron chi connectivity index (χ0n) is 19.0. The molecule has 0 aliphatic heterocycles. The summed E-state index contributed by atoms with van der Waals surface area (Å²) < 4.78 is 27.2. The van der Waals surface area contributed by atoms with Crippen LogP contribution < -0.4 is 24.3 Å². The first-order chi connectivity index (χ1) is 16.4. The van der Waals surface area contributed by atoms with Crippen molar-refractivity contribution < 1.29 is 28.2 Å². The van der Waals surface area contributed by atoms with Gasteiger partial charge in [-0.3, -0.25) is 4.79 Å². The molecule has 2 heterocycles. The van der Waals surface area contributed by atoms with E-state index in [9.17, 15) is 4.79 Å². The Morgan fingerprint density at radius 2 is 1.65 bits per heavy atom. The van der Waals surface area contributed by atoms with E-state index in [1.807, 2.05) is 18.2 Å². The number of fused-ring (bicyclic) bond motifs is 1. The van der Waals surface area contributed by atoms with Crippen LogP contribution in [-0.4, -0.2) is 44.3 Å². The van der Waals surface area contributed by atoms with Gasteiger partial charge in [0, 0.05) is 23.4 Å². The Labute approximate surface area is 200 Å². The highest BCUT2D eigenvalue weighted by Gasteiger charge is 2.18. The Bertz CT molecular complexity index is 1350. The third-order valence-corrected chi connectivity index (χ3v) is 5.31. The normalized spacial score (nSPS) is 10.7. The second-order valence-corrected chi connectivity index (χ2v) is 7.48. The van der Waals surface area contributed by atoms with Crippen molar-refractivity contribution in [2.75, 3.05) is 33.8 Å². The Morgan fingerprint density at radius 3 is 2.35 bits per heavy atom. The first-order valence-electron chi connectivity index (χ1n) is 10.2. The van der Waals surface area contributed by atoms with Crippen molar-refractivity contribution in [2.45, 2.75) is 6.42 Å². The highest BCUT2D eigenvalue weighted by atomic mass is 35.5. The first-order valence-corrected chi connectivity index (χ1v) is 10.5. The van der Waals surface area contributed by atoms with Crippen LogP contribution in [0.25, 0.3) is 10.9 Å². The lowest BCUT2D eigenvalue weighted by molar-refractivity contribution is 0.0995. The van der Waals surface area contributed by atoms with E-state index in [1.165, 1.54) is 14.2 Å². The molecule has 0 spiro atoms. The summed E-state index contributed by atoms with van der Waals surface area (Å²) in [5.74, 6) is 2.74. The molecule has 1 N–H and O–H groups in total. The average molecular weight is 484 g/mol. The number of nitrogens with zero attached hydrogens (tertiary/aromatic N) is 2. The molecule has 34 heavy (non-hydrogen) atoms. The first kappa shape index (κ1) is 23.2. The van der Waals surface area contributed by atoms with Gasteiger partial charge in [0.25, 0.3) is 5.91 Å². The molecule has 0 radical (unpaired) electrons. The van der Waals surface area contributed by atoms with Crippen LogP contribution in [0, 0.1) is 0 Å². The van der Waals surface area contributed by atoms with Crippen molar-refractivity contribution in [1.82, 2.24) is 9.97 Å². The lowest BCUT2D eigenvalue weighted by Gasteiger charge is -2.11. The maximum atomic E-state index is 12.9. The standard InChI is InChI=1S/C24H22ClN3O6/c1-30-14-5-7-18(31-2)13(9-14)10-15-6-8-19(34-15)23(29)27-22-16-11-20(32-3)21(33-4)12-17(16)26-24(25)28-22/h5-9,11-12H,10H2,1-4H3,(H,26,27,28,29). The molecule has 0 saturated heterocycles. The summed E-state index contributed by atoms with van der Waals surface area (Å²) in [7, 11) is 6.22. The van der Waals surface area contributed by atoms with Crippen LogP contribution in [0.1, 0.15) is 21.9 Å². The third kappa shape index (κ3) is 4.69. The quantitative estimate of drug-likeness (QED) is 0.358. The lowest BCUT2D eigenvalue weighted by Crippen LogP contribution is -2.13. The van der Waals surface area contributed by atoms with Gasteiger partial charge in [0.2, 0.25) is 5.28 Å². The molecule has 0 atom stereocenters. The molecule has 0 saturated carbocycles. The molecular formula is C24H22ClN3O6. The number of hydrogen-bond donors (Lipinski definition) is 1. The fourth-order valence-electron chi connectivity index (χ4n) is 3.49. The molecule has 1 amide bonds. The smallest absolute Gasteiger partial charge is 0.292 e. The number of hydrogen-bond acceptors (Lipinski definition) is 8. The summed E-state index contributed by atoms with van der Waals surface area (Å²) in [5.41, 5.74) is 1.34. The van der Waals surface area contributed by atoms with Gasteiger partial charge in [0.15, 0.2) is 17.3 Å². The average Bonchev–Trinajstić information content (AvgIpc) is 3.31. The van der Waals surface area contributed by atoms with Gasteiger partial charge in [-0.1, -0.05) is 0 Å². The molecule has 0 unspecified atom stereocenters. The second-order valence-electron chi connectivity index (χ2n) is 7.14. The van der Waals surface area contributed by atoms with Crippen molar-refractivity contribution >= 4 is 34.2 Å². The summed E-state index contributed by atoms with van der Waals surface area (Å²) in [6.45, 7) is 0. The molecular weight excluding hydrogens is 462 g/mol. The fourth-order valence-corrected chi connectivity index (χ4v) is 3.67. The van der Waals surface area contributed by atoms with Crippen LogP contribution in [0.4, 0.5) is 5.82 Å². The Balaban J connectivity index is 1.60. The van der Waals surface area contributed by atoms with Gasteiger partial charge in [0.1, 0.15) is 23.1 Å². The fraction of sp³-hybridized carbons (Fsp3) is 0.208. The molecule has 4 aromatic rings. The summed E-state index contributed by atoms with van der Waals surface area (Å²) in [4.78, 5) is 21.3. The van der Waals surface area contributed by atoms with E-state index in [-0.39, 0.29) is 16.9 Å².